The van der Waals surface area contributed by atoms with Gasteiger partial charge in [-0.25, -0.2) is 8.78 Å². The molecule has 2 nitrogen and oxygen atoms in total. The van der Waals surface area contributed by atoms with E-state index < -0.39 is 12.0 Å². The van der Waals surface area contributed by atoms with Crippen molar-refractivity contribution in [2.24, 2.45) is 0 Å². The van der Waals surface area contributed by atoms with E-state index in [-0.39, 0.29) is 5.69 Å². The Kier molecular flexibility index (Phi) is 2.75. The van der Waals surface area contributed by atoms with E-state index in [2.05, 4.69) is 21.0 Å². The maximum absolute atomic E-state index is 12.6. The van der Waals surface area contributed by atoms with Crippen LogP contribution in [0.4, 0.5) is 8.78 Å². The molecule has 0 aromatic carbocycles. The second-order valence-corrected chi connectivity index (χ2v) is 4.62. The highest BCUT2D eigenvalue weighted by atomic mass is 79.9. The highest BCUT2D eigenvalue weighted by Gasteiger charge is 2.25. The van der Waals surface area contributed by atoms with Crippen LogP contribution >= 0.6 is 15.9 Å². The molecule has 1 heterocycles. The van der Waals surface area contributed by atoms with Crippen LogP contribution in [0.25, 0.3) is 0 Å². The van der Waals surface area contributed by atoms with Gasteiger partial charge in [-0.2, -0.15) is 5.10 Å². The zero-order valence-corrected chi connectivity index (χ0v) is 9.27. The predicted octanol–water partition coefficient (Wildman–Crippen LogP) is 3.34. The third kappa shape index (κ3) is 2.07. The van der Waals surface area contributed by atoms with Crippen LogP contribution in [-0.2, 0) is 5.54 Å². The molecule has 1 aromatic heterocycles. The molecule has 0 spiro atoms. The van der Waals surface area contributed by atoms with Crippen molar-refractivity contribution in [2.45, 2.75) is 32.7 Å². The number of alkyl halides is 2. The molecule has 74 valence electrons. The molecule has 1 rings (SSSR count). The van der Waals surface area contributed by atoms with Gasteiger partial charge in [-0.15, -0.1) is 0 Å². The summed E-state index contributed by atoms with van der Waals surface area (Å²) in [7, 11) is 0. The first-order valence-corrected chi connectivity index (χ1v) is 4.65. The van der Waals surface area contributed by atoms with Gasteiger partial charge in [0, 0.05) is 0 Å². The molecule has 0 atom stereocenters. The Bertz CT molecular complexity index is 302. The maximum Gasteiger partial charge on any atom is 0.281 e. The average Bonchev–Trinajstić information content (AvgIpc) is 2.28. The molecule has 0 N–H and O–H groups in total. The topological polar surface area (TPSA) is 17.8 Å². The minimum atomic E-state index is -2.50. The zero-order chi connectivity index (χ0) is 10.2. The van der Waals surface area contributed by atoms with E-state index in [0.29, 0.717) is 4.47 Å². The van der Waals surface area contributed by atoms with Crippen LogP contribution in [0.2, 0.25) is 0 Å². The summed E-state index contributed by atoms with van der Waals surface area (Å²) in [6.45, 7) is 5.50. The summed E-state index contributed by atoms with van der Waals surface area (Å²) in [5.41, 5.74) is -0.481. The monoisotopic (exact) mass is 252 g/mol. The van der Waals surface area contributed by atoms with Crippen molar-refractivity contribution in [3.05, 3.63) is 16.4 Å². The number of halogens is 3. The van der Waals surface area contributed by atoms with Gasteiger partial charge in [0.2, 0.25) is 0 Å². The molecule has 0 fully saturated rings. The van der Waals surface area contributed by atoms with Gasteiger partial charge in [0.15, 0.2) is 0 Å². The highest BCUT2D eigenvalue weighted by Crippen LogP contribution is 2.30. The van der Waals surface area contributed by atoms with Gasteiger partial charge in [0.25, 0.3) is 6.43 Å². The molecule has 0 aliphatic carbocycles. The fourth-order valence-corrected chi connectivity index (χ4v) is 1.50. The number of aromatic nitrogens is 2. The van der Waals surface area contributed by atoms with E-state index in [9.17, 15) is 8.78 Å². The van der Waals surface area contributed by atoms with Crippen molar-refractivity contribution in [2.75, 3.05) is 0 Å². The summed E-state index contributed by atoms with van der Waals surface area (Å²) in [5.74, 6) is 0. The van der Waals surface area contributed by atoms with Gasteiger partial charge in [-0.05, 0) is 36.7 Å². The molecule has 0 bridgehead atoms. The van der Waals surface area contributed by atoms with Crippen LogP contribution in [0, 0.1) is 0 Å². The quantitative estimate of drug-likeness (QED) is 0.750. The molecule has 0 unspecified atom stereocenters. The molecule has 0 saturated carbocycles. The van der Waals surface area contributed by atoms with Gasteiger partial charge in [0.05, 0.1) is 16.2 Å². The van der Waals surface area contributed by atoms with Crippen molar-refractivity contribution < 1.29 is 8.78 Å². The first-order valence-electron chi connectivity index (χ1n) is 3.86. The number of hydrogen-bond donors (Lipinski definition) is 0. The highest BCUT2D eigenvalue weighted by molar-refractivity contribution is 9.10. The minimum Gasteiger partial charge on any atom is -0.257 e. The predicted molar refractivity (Wildman–Crippen MR) is 49.9 cm³/mol. The van der Waals surface area contributed by atoms with Crippen molar-refractivity contribution in [1.82, 2.24) is 9.78 Å². The second-order valence-electron chi connectivity index (χ2n) is 3.76. The second kappa shape index (κ2) is 3.36. The molecule has 13 heavy (non-hydrogen) atoms. The maximum atomic E-state index is 12.6. The smallest absolute Gasteiger partial charge is 0.257 e. The molecule has 0 saturated heterocycles. The van der Waals surface area contributed by atoms with E-state index in [1.165, 1.54) is 10.9 Å². The minimum absolute atomic E-state index is 0.0625. The molecule has 1 aromatic rings. The Hall–Kier alpha value is -0.450. The van der Waals surface area contributed by atoms with Crippen molar-refractivity contribution in [3.8, 4) is 0 Å². The largest absolute Gasteiger partial charge is 0.281 e. The molecule has 0 radical (unpaired) electrons. The molecular weight excluding hydrogens is 242 g/mol. The molecule has 0 aliphatic rings. The van der Waals surface area contributed by atoms with Crippen LogP contribution in [0.15, 0.2) is 10.7 Å². The fraction of sp³-hybridized carbons (Fsp3) is 0.625. The number of rotatable bonds is 1. The van der Waals surface area contributed by atoms with Gasteiger partial charge in [-0.1, -0.05) is 0 Å². The molecular formula is C8H11BrF2N2. The van der Waals surface area contributed by atoms with Crippen molar-refractivity contribution in [3.63, 3.8) is 0 Å². The SMILES string of the molecule is CC(C)(C)n1ncc(Br)c1C(F)F. The Morgan fingerprint density at radius 3 is 2.31 bits per heavy atom. The van der Waals surface area contributed by atoms with Gasteiger partial charge in [0.1, 0.15) is 5.69 Å². The summed E-state index contributed by atoms with van der Waals surface area (Å²) in [6.07, 6.45) is -1.11. The summed E-state index contributed by atoms with van der Waals surface area (Å²) in [4.78, 5) is 0. The molecule has 0 aliphatic heterocycles. The summed E-state index contributed by atoms with van der Waals surface area (Å²) < 4.78 is 26.8. The first-order chi connectivity index (χ1) is 5.84. The van der Waals surface area contributed by atoms with E-state index in [4.69, 9.17) is 0 Å². The third-order valence-electron chi connectivity index (χ3n) is 1.60. The lowest BCUT2D eigenvalue weighted by molar-refractivity contribution is 0.129. The lowest BCUT2D eigenvalue weighted by atomic mass is 10.1. The van der Waals surface area contributed by atoms with Crippen LogP contribution < -0.4 is 0 Å². The Morgan fingerprint density at radius 2 is 2.00 bits per heavy atom. The Morgan fingerprint density at radius 1 is 1.46 bits per heavy atom. The Labute approximate surface area is 84.1 Å². The Balaban J connectivity index is 3.23. The van der Waals surface area contributed by atoms with Gasteiger partial charge >= 0.3 is 0 Å². The van der Waals surface area contributed by atoms with Crippen molar-refractivity contribution in [1.29, 1.82) is 0 Å². The summed E-state index contributed by atoms with van der Waals surface area (Å²) in [6, 6.07) is 0. The van der Waals surface area contributed by atoms with Crippen LogP contribution in [0.5, 0.6) is 0 Å². The standard InChI is InChI=1S/C8H11BrF2N2/c1-8(2,3)13-6(7(10)11)5(9)4-12-13/h4,7H,1-3H3. The number of hydrogen-bond acceptors (Lipinski definition) is 1. The average molecular weight is 253 g/mol. The van der Waals surface area contributed by atoms with Crippen LogP contribution in [0.1, 0.15) is 32.9 Å². The van der Waals surface area contributed by atoms with E-state index in [0.717, 1.165) is 0 Å². The van der Waals surface area contributed by atoms with E-state index in [1.54, 1.807) is 0 Å². The zero-order valence-electron chi connectivity index (χ0n) is 7.68. The van der Waals surface area contributed by atoms with E-state index in [1.807, 2.05) is 20.8 Å². The fourth-order valence-electron chi connectivity index (χ4n) is 1.07. The molecule has 5 heteroatoms. The van der Waals surface area contributed by atoms with Gasteiger partial charge < -0.3 is 0 Å². The lowest BCUT2D eigenvalue weighted by Crippen LogP contribution is -2.25. The van der Waals surface area contributed by atoms with Crippen LogP contribution in [0.3, 0.4) is 0 Å². The van der Waals surface area contributed by atoms with Gasteiger partial charge in [-0.3, -0.25) is 4.68 Å². The number of nitrogens with zero attached hydrogens (tertiary/aromatic N) is 2. The summed E-state index contributed by atoms with van der Waals surface area (Å²) >= 11 is 3.05. The normalized spacial score (nSPS) is 12.5. The summed E-state index contributed by atoms with van der Waals surface area (Å²) in [5, 5.41) is 3.90. The van der Waals surface area contributed by atoms with Crippen molar-refractivity contribution >= 4 is 15.9 Å². The molecule has 0 amide bonds. The van der Waals surface area contributed by atoms with E-state index >= 15 is 0 Å². The first kappa shape index (κ1) is 10.6. The third-order valence-corrected chi connectivity index (χ3v) is 2.21. The lowest BCUT2D eigenvalue weighted by Gasteiger charge is -2.22. The van der Waals surface area contributed by atoms with Crippen LogP contribution in [-0.4, -0.2) is 9.78 Å².